The molecule has 1 aliphatic rings. The van der Waals surface area contributed by atoms with Crippen molar-refractivity contribution in [3.63, 3.8) is 0 Å². The van der Waals surface area contributed by atoms with Gasteiger partial charge >= 0.3 is 0 Å². The van der Waals surface area contributed by atoms with Crippen LogP contribution in [0.4, 0.5) is 5.82 Å². The largest absolute Gasteiger partial charge is 0.374 e. The van der Waals surface area contributed by atoms with E-state index in [2.05, 4.69) is 21.5 Å². The van der Waals surface area contributed by atoms with E-state index in [0.717, 1.165) is 12.4 Å². The monoisotopic (exact) mass is 287 g/mol. The lowest BCUT2D eigenvalue weighted by Gasteiger charge is -2.14. The van der Waals surface area contributed by atoms with Gasteiger partial charge in [0.2, 0.25) is 0 Å². The Kier molecular flexibility index (Phi) is 4.70. The van der Waals surface area contributed by atoms with Gasteiger partial charge < -0.3 is 10.1 Å². The molecule has 1 aliphatic carbocycles. The molecule has 1 N–H and O–H groups in total. The predicted octanol–water partition coefficient (Wildman–Crippen LogP) is 2.97. The van der Waals surface area contributed by atoms with Crippen molar-refractivity contribution in [2.24, 2.45) is 0 Å². The summed E-state index contributed by atoms with van der Waals surface area (Å²) in [5.74, 6) is 1.41. The van der Waals surface area contributed by atoms with Gasteiger partial charge in [0, 0.05) is 24.0 Å². The van der Waals surface area contributed by atoms with E-state index < -0.39 is 0 Å². The van der Waals surface area contributed by atoms with E-state index in [1.807, 2.05) is 18.7 Å². The van der Waals surface area contributed by atoms with Crippen molar-refractivity contribution in [2.75, 3.05) is 24.7 Å². The predicted molar refractivity (Wildman–Crippen MR) is 76.3 cm³/mol. The molecule has 0 amide bonds. The second-order valence-corrected chi connectivity index (χ2v) is 6.03. The number of ether oxygens (including phenoxy) is 1. The molecule has 1 fully saturated rings. The molecule has 4 nitrogen and oxygen atoms in total. The van der Waals surface area contributed by atoms with Gasteiger partial charge in [-0.15, -0.1) is 0 Å². The first kappa shape index (κ1) is 13.9. The molecule has 1 aromatic heterocycles. The van der Waals surface area contributed by atoms with Gasteiger partial charge in [0.25, 0.3) is 0 Å². The van der Waals surface area contributed by atoms with E-state index in [1.54, 1.807) is 6.07 Å². The summed E-state index contributed by atoms with van der Waals surface area (Å²) in [5, 5.41) is 3.80. The summed E-state index contributed by atoms with van der Waals surface area (Å²) in [6.07, 6.45) is 4.69. The molecule has 0 aliphatic heterocycles. The molecular formula is C12H18ClN3OS. The highest BCUT2D eigenvalue weighted by atomic mass is 35.5. The highest BCUT2D eigenvalue weighted by Gasteiger charge is 2.41. The van der Waals surface area contributed by atoms with E-state index in [1.165, 1.54) is 12.8 Å². The molecule has 6 heteroatoms. The number of thioether (sulfide) groups is 1. The SMILES string of the molecule is CCOCc1nc(Cl)cc(NCC2(SC)CC2)n1. The van der Waals surface area contributed by atoms with E-state index in [9.17, 15) is 0 Å². The van der Waals surface area contributed by atoms with E-state index in [4.69, 9.17) is 16.3 Å². The summed E-state index contributed by atoms with van der Waals surface area (Å²) in [7, 11) is 0. The number of hydrogen-bond acceptors (Lipinski definition) is 5. The number of nitrogens with one attached hydrogen (secondary N) is 1. The molecule has 1 aromatic rings. The fourth-order valence-corrected chi connectivity index (χ4v) is 2.59. The van der Waals surface area contributed by atoms with Crippen LogP contribution in [0, 0.1) is 0 Å². The minimum atomic E-state index is 0.400. The van der Waals surface area contributed by atoms with E-state index in [0.29, 0.717) is 28.9 Å². The first-order chi connectivity index (χ1) is 8.67. The smallest absolute Gasteiger partial charge is 0.158 e. The Bertz CT molecular complexity index is 412. The molecular weight excluding hydrogens is 270 g/mol. The minimum Gasteiger partial charge on any atom is -0.374 e. The van der Waals surface area contributed by atoms with Crippen LogP contribution in [0.15, 0.2) is 6.07 Å². The van der Waals surface area contributed by atoms with Crippen LogP contribution in [-0.2, 0) is 11.3 Å². The second kappa shape index (κ2) is 6.08. The Balaban J connectivity index is 1.96. The number of aromatic nitrogens is 2. The standard InChI is InChI=1S/C12H18ClN3OS/c1-3-17-7-11-15-9(13)6-10(16-11)14-8-12(18-2)4-5-12/h6H,3-5,7-8H2,1-2H3,(H,14,15,16). The molecule has 0 bridgehead atoms. The Morgan fingerprint density at radius 3 is 2.89 bits per heavy atom. The fraction of sp³-hybridized carbons (Fsp3) is 0.667. The lowest BCUT2D eigenvalue weighted by atomic mass is 10.4. The van der Waals surface area contributed by atoms with Crippen molar-refractivity contribution in [1.82, 2.24) is 9.97 Å². The van der Waals surface area contributed by atoms with Crippen LogP contribution in [0.1, 0.15) is 25.6 Å². The lowest BCUT2D eigenvalue weighted by Crippen LogP contribution is -2.18. The van der Waals surface area contributed by atoms with Crippen LogP contribution < -0.4 is 5.32 Å². The van der Waals surface area contributed by atoms with Gasteiger partial charge in [-0.3, -0.25) is 0 Å². The highest BCUT2D eigenvalue weighted by molar-refractivity contribution is 8.00. The maximum Gasteiger partial charge on any atom is 0.158 e. The van der Waals surface area contributed by atoms with E-state index >= 15 is 0 Å². The summed E-state index contributed by atoms with van der Waals surface area (Å²) < 4.78 is 5.69. The zero-order chi connectivity index (χ0) is 13.0. The quantitative estimate of drug-likeness (QED) is 0.781. The number of nitrogens with zero attached hydrogens (tertiary/aromatic N) is 2. The first-order valence-electron chi connectivity index (χ1n) is 6.08. The highest BCUT2D eigenvalue weighted by Crippen LogP contribution is 2.46. The summed E-state index contributed by atoms with van der Waals surface area (Å²) in [6, 6.07) is 1.76. The Morgan fingerprint density at radius 2 is 2.28 bits per heavy atom. The third kappa shape index (κ3) is 3.73. The molecule has 1 heterocycles. The number of hydrogen-bond donors (Lipinski definition) is 1. The minimum absolute atomic E-state index is 0.400. The Morgan fingerprint density at radius 1 is 1.50 bits per heavy atom. The van der Waals surface area contributed by atoms with Gasteiger partial charge in [-0.2, -0.15) is 11.8 Å². The molecule has 0 saturated heterocycles. The van der Waals surface area contributed by atoms with Gasteiger partial charge in [-0.1, -0.05) is 11.6 Å². The van der Waals surface area contributed by atoms with Crippen molar-refractivity contribution in [3.8, 4) is 0 Å². The fourth-order valence-electron chi connectivity index (χ4n) is 1.66. The van der Waals surface area contributed by atoms with Crippen LogP contribution >= 0.6 is 23.4 Å². The zero-order valence-corrected chi connectivity index (χ0v) is 12.3. The number of halogens is 1. The summed E-state index contributed by atoms with van der Waals surface area (Å²) in [4.78, 5) is 8.53. The van der Waals surface area contributed by atoms with Crippen molar-refractivity contribution in [1.29, 1.82) is 0 Å². The molecule has 18 heavy (non-hydrogen) atoms. The number of rotatable bonds is 7. The van der Waals surface area contributed by atoms with Crippen LogP contribution in [0.25, 0.3) is 0 Å². The Hall–Kier alpha value is -0.520. The summed E-state index contributed by atoms with van der Waals surface area (Å²) in [5.41, 5.74) is 0. The number of anilines is 1. The molecule has 100 valence electrons. The first-order valence-corrected chi connectivity index (χ1v) is 7.68. The van der Waals surface area contributed by atoms with Gasteiger partial charge in [0.15, 0.2) is 5.82 Å². The third-order valence-corrected chi connectivity index (χ3v) is 4.62. The van der Waals surface area contributed by atoms with Crippen molar-refractivity contribution < 1.29 is 4.74 Å². The topological polar surface area (TPSA) is 47.0 Å². The third-order valence-electron chi connectivity index (χ3n) is 3.01. The zero-order valence-electron chi connectivity index (χ0n) is 10.7. The lowest BCUT2D eigenvalue weighted by molar-refractivity contribution is 0.128. The van der Waals surface area contributed by atoms with Crippen molar-refractivity contribution in [3.05, 3.63) is 17.0 Å². The normalized spacial score (nSPS) is 16.6. The van der Waals surface area contributed by atoms with Crippen LogP contribution in [-0.4, -0.2) is 34.1 Å². The molecule has 0 spiro atoms. The molecule has 0 aromatic carbocycles. The van der Waals surface area contributed by atoms with Gasteiger partial charge in [0.05, 0.1) is 0 Å². The summed E-state index contributed by atoms with van der Waals surface area (Å²) >= 11 is 7.89. The maximum atomic E-state index is 5.98. The Labute approximate surface area is 117 Å². The van der Waals surface area contributed by atoms with Crippen LogP contribution in [0.2, 0.25) is 5.15 Å². The van der Waals surface area contributed by atoms with Crippen molar-refractivity contribution >= 4 is 29.2 Å². The molecule has 1 saturated carbocycles. The van der Waals surface area contributed by atoms with Crippen LogP contribution in [0.5, 0.6) is 0 Å². The average molecular weight is 288 g/mol. The van der Waals surface area contributed by atoms with Gasteiger partial charge in [-0.05, 0) is 26.0 Å². The summed E-state index contributed by atoms with van der Waals surface area (Å²) in [6.45, 7) is 3.92. The molecule has 2 rings (SSSR count). The van der Waals surface area contributed by atoms with E-state index in [-0.39, 0.29) is 0 Å². The molecule has 0 radical (unpaired) electrons. The average Bonchev–Trinajstić information content (AvgIpc) is 3.14. The van der Waals surface area contributed by atoms with Crippen LogP contribution in [0.3, 0.4) is 0 Å². The second-order valence-electron chi connectivity index (χ2n) is 4.37. The van der Waals surface area contributed by atoms with Gasteiger partial charge in [0.1, 0.15) is 17.6 Å². The molecule has 0 unspecified atom stereocenters. The van der Waals surface area contributed by atoms with Crippen molar-refractivity contribution in [2.45, 2.75) is 31.1 Å². The van der Waals surface area contributed by atoms with Gasteiger partial charge in [-0.25, -0.2) is 9.97 Å². The molecule has 0 atom stereocenters. The maximum absolute atomic E-state index is 5.98.